The summed E-state index contributed by atoms with van der Waals surface area (Å²) >= 11 is 0. The predicted molar refractivity (Wildman–Crippen MR) is 88.5 cm³/mol. The van der Waals surface area contributed by atoms with E-state index in [0.29, 0.717) is 18.2 Å². The Bertz CT molecular complexity index is 661. The number of aromatic nitrogens is 4. The summed E-state index contributed by atoms with van der Waals surface area (Å²) in [6.07, 6.45) is 11.0. The number of rotatable bonds is 4. The molecule has 1 amide bonds. The van der Waals surface area contributed by atoms with E-state index >= 15 is 0 Å². The van der Waals surface area contributed by atoms with Gasteiger partial charge in [-0.25, -0.2) is 0 Å². The van der Waals surface area contributed by atoms with E-state index in [9.17, 15) is 4.79 Å². The van der Waals surface area contributed by atoms with Crippen molar-refractivity contribution >= 4 is 11.6 Å². The lowest BCUT2D eigenvalue weighted by Crippen LogP contribution is -2.31. The largest absolute Gasteiger partial charge is 0.307 e. The molecule has 0 saturated heterocycles. The van der Waals surface area contributed by atoms with Crippen LogP contribution in [0.1, 0.15) is 61.1 Å². The Morgan fingerprint density at radius 1 is 1.26 bits per heavy atom. The van der Waals surface area contributed by atoms with Gasteiger partial charge in [-0.3, -0.25) is 9.48 Å². The molecular formula is C17H23N5O. The number of anilines is 1. The minimum atomic E-state index is -0.0277. The molecule has 0 unspecified atom stereocenters. The minimum Gasteiger partial charge on any atom is -0.307 e. The van der Waals surface area contributed by atoms with Crippen LogP contribution in [0.5, 0.6) is 0 Å². The van der Waals surface area contributed by atoms with Crippen molar-refractivity contribution in [2.45, 2.75) is 52.0 Å². The fourth-order valence-electron chi connectivity index (χ4n) is 3.36. The summed E-state index contributed by atoms with van der Waals surface area (Å²) in [4.78, 5) is 14.6. The third-order valence-corrected chi connectivity index (χ3v) is 4.64. The molecule has 122 valence electrons. The van der Waals surface area contributed by atoms with Crippen molar-refractivity contribution in [2.24, 2.45) is 0 Å². The summed E-state index contributed by atoms with van der Waals surface area (Å²) in [5.74, 6) is -0.0277. The zero-order valence-corrected chi connectivity index (χ0v) is 13.8. The highest BCUT2D eigenvalue weighted by atomic mass is 16.2. The molecule has 0 atom stereocenters. The molecule has 2 heterocycles. The summed E-state index contributed by atoms with van der Waals surface area (Å²) in [6, 6.07) is 2.23. The number of hydrogen-bond donors (Lipinski definition) is 0. The van der Waals surface area contributed by atoms with E-state index < -0.39 is 0 Å². The van der Waals surface area contributed by atoms with E-state index in [1.807, 2.05) is 18.5 Å². The van der Waals surface area contributed by atoms with Crippen molar-refractivity contribution in [1.82, 2.24) is 20.0 Å². The lowest BCUT2D eigenvalue weighted by molar-refractivity contribution is 0.0987. The first-order valence-electron chi connectivity index (χ1n) is 8.35. The average molecular weight is 313 g/mol. The zero-order chi connectivity index (χ0) is 16.2. The molecule has 1 saturated carbocycles. The van der Waals surface area contributed by atoms with Crippen LogP contribution in [0.25, 0.3) is 0 Å². The average Bonchev–Trinajstić information content (AvgIpc) is 2.99. The molecule has 23 heavy (non-hydrogen) atoms. The maximum absolute atomic E-state index is 12.9. The van der Waals surface area contributed by atoms with E-state index in [0.717, 1.165) is 24.2 Å². The van der Waals surface area contributed by atoms with Crippen LogP contribution >= 0.6 is 0 Å². The Hall–Kier alpha value is -2.24. The van der Waals surface area contributed by atoms with Crippen molar-refractivity contribution in [1.29, 1.82) is 0 Å². The molecule has 1 aliphatic rings. The highest BCUT2D eigenvalue weighted by Gasteiger charge is 2.24. The van der Waals surface area contributed by atoms with Gasteiger partial charge in [0.15, 0.2) is 0 Å². The molecule has 0 radical (unpaired) electrons. The lowest BCUT2D eigenvalue weighted by Gasteiger charge is -2.24. The molecule has 2 aromatic heterocycles. The van der Waals surface area contributed by atoms with E-state index in [2.05, 4.69) is 15.3 Å². The standard InChI is InChI=1S/C17H23N5O/c1-3-21(15-9-10-18-19-11-15)17(23)16-12-20-22(13(16)2)14-7-5-4-6-8-14/h9-12,14H,3-8H2,1-2H3. The van der Waals surface area contributed by atoms with Crippen molar-refractivity contribution in [3.63, 3.8) is 0 Å². The molecule has 6 heteroatoms. The van der Waals surface area contributed by atoms with Crippen molar-refractivity contribution in [3.8, 4) is 0 Å². The monoisotopic (exact) mass is 313 g/mol. The van der Waals surface area contributed by atoms with Gasteiger partial charge in [0.1, 0.15) is 0 Å². The second-order valence-corrected chi connectivity index (χ2v) is 6.03. The number of carbonyl (C=O) groups is 1. The molecule has 0 bridgehead atoms. The Kier molecular flexibility index (Phi) is 4.69. The molecule has 1 fully saturated rings. The van der Waals surface area contributed by atoms with Gasteiger partial charge in [-0.15, -0.1) is 0 Å². The van der Waals surface area contributed by atoms with Crippen LogP contribution in [0, 0.1) is 6.92 Å². The fourth-order valence-corrected chi connectivity index (χ4v) is 3.36. The SMILES string of the molecule is CCN(C(=O)c1cnn(C2CCCCC2)c1C)c1ccnnc1. The van der Waals surface area contributed by atoms with Gasteiger partial charge in [-0.2, -0.15) is 15.3 Å². The highest BCUT2D eigenvalue weighted by molar-refractivity contribution is 6.06. The van der Waals surface area contributed by atoms with Crippen molar-refractivity contribution < 1.29 is 4.79 Å². The third kappa shape index (κ3) is 3.11. The number of carbonyl (C=O) groups excluding carboxylic acids is 1. The zero-order valence-electron chi connectivity index (χ0n) is 13.8. The Balaban J connectivity index is 1.86. The summed E-state index contributed by atoms with van der Waals surface area (Å²) < 4.78 is 2.05. The molecule has 0 spiro atoms. The van der Waals surface area contributed by atoms with Gasteiger partial charge in [0, 0.05) is 12.2 Å². The topological polar surface area (TPSA) is 63.9 Å². The van der Waals surface area contributed by atoms with Crippen LogP contribution in [-0.4, -0.2) is 32.4 Å². The van der Waals surface area contributed by atoms with Crippen LogP contribution in [0.4, 0.5) is 5.69 Å². The van der Waals surface area contributed by atoms with E-state index in [-0.39, 0.29) is 5.91 Å². The van der Waals surface area contributed by atoms with Crippen molar-refractivity contribution in [2.75, 3.05) is 11.4 Å². The van der Waals surface area contributed by atoms with E-state index in [1.165, 1.54) is 19.3 Å². The van der Waals surface area contributed by atoms with Crippen LogP contribution in [0.15, 0.2) is 24.7 Å². The number of hydrogen-bond acceptors (Lipinski definition) is 4. The number of amides is 1. The molecule has 1 aliphatic carbocycles. The Labute approximate surface area is 136 Å². The predicted octanol–water partition coefficient (Wildman–Crippen LogP) is 3.15. The van der Waals surface area contributed by atoms with Gasteiger partial charge in [0.05, 0.1) is 35.9 Å². The second kappa shape index (κ2) is 6.89. The summed E-state index contributed by atoms with van der Waals surface area (Å²) in [5, 5.41) is 12.2. The molecule has 0 N–H and O–H groups in total. The summed E-state index contributed by atoms with van der Waals surface area (Å²) in [5.41, 5.74) is 2.40. The molecule has 0 aromatic carbocycles. The maximum Gasteiger partial charge on any atom is 0.261 e. The molecule has 2 aromatic rings. The first-order valence-corrected chi connectivity index (χ1v) is 8.35. The normalized spacial score (nSPS) is 15.6. The van der Waals surface area contributed by atoms with Crippen molar-refractivity contribution in [3.05, 3.63) is 35.9 Å². The van der Waals surface area contributed by atoms with Gasteiger partial charge >= 0.3 is 0 Å². The number of nitrogens with zero attached hydrogens (tertiary/aromatic N) is 5. The second-order valence-electron chi connectivity index (χ2n) is 6.03. The summed E-state index contributed by atoms with van der Waals surface area (Å²) in [7, 11) is 0. The van der Waals surface area contributed by atoms with Crippen LogP contribution in [0.3, 0.4) is 0 Å². The van der Waals surface area contributed by atoms with E-state index in [1.54, 1.807) is 29.6 Å². The minimum absolute atomic E-state index is 0.0277. The third-order valence-electron chi connectivity index (χ3n) is 4.64. The highest BCUT2D eigenvalue weighted by Crippen LogP contribution is 2.29. The molecule has 0 aliphatic heterocycles. The first-order chi connectivity index (χ1) is 11.2. The lowest BCUT2D eigenvalue weighted by atomic mass is 9.95. The fraction of sp³-hybridized carbons (Fsp3) is 0.529. The molecular weight excluding hydrogens is 290 g/mol. The van der Waals surface area contributed by atoms with Gasteiger partial charge in [-0.05, 0) is 32.8 Å². The maximum atomic E-state index is 12.9. The Morgan fingerprint density at radius 2 is 2.04 bits per heavy atom. The van der Waals surface area contributed by atoms with Crippen LogP contribution < -0.4 is 4.90 Å². The van der Waals surface area contributed by atoms with Gasteiger partial charge in [0.2, 0.25) is 0 Å². The Morgan fingerprint density at radius 3 is 2.70 bits per heavy atom. The molecule has 3 rings (SSSR count). The summed E-state index contributed by atoms with van der Waals surface area (Å²) in [6.45, 7) is 4.53. The van der Waals surface area contributed by atoms with Crippen LogP contribution in [0.2, 0.25) is 0 Å². The van der Waals surface area contributed by atoms with Gasteiger partial charge in [0.25, 0.3) is 5.91 Å². The van der Waals surface area contributed by atoms with E-state index in [4.69, 9.17) is 0 Å². The van der Waals surface area contributed by atoms with Crippen LogP contribution in [-0.2, 0) is 0 Å². The first kappa shape index (κ1) is 15.6. The smallest absolute Gasteiger partial charge is 0.261 e. The quantitative estimate of drug-likeness (QED) is 0.870. The molecule has 6 nitrogen and oxygen atoms in total. The van der Waals surface area contributed by atoms with Gasteiger partial charge < -0.3 is 4.90 Å². The van der Waals surface area contributed by atoms with Gasteiger partial charge in [-0.1, -0.05) is 19.3 Å².